The summed E-state index contributed by atoms with van der Waals surface area (Å²) in [5.41, 5.74) is 16.0. The van der Waals surface area contributed by atoms with Crippen LogP contribution in [0.15, 0.2) is 183 Å². The van der Waals surface area contributed by atoms with Gasteiger partial charge in [0.2, 0.25) is 0 Å². The summed E-state index contributed by atoms with van der Waals surface area (Å²) in [5.74, 6) is 1.53. The van der Waals surface area contributed by atoms with E-state index in [9.17, 15) is 0 Å². The van der Waals surface area contributed by atoms with E-state index in [-0.39, 0.29) is 0 Å². The first-order valence-corrected chi connectivity index (χ1v) is 19.5. The Morgan fingerprint density at radius 1 is 0.579 bits per heavy atom. The molecule has 57 heavy (non-hydrogen) atoms. The zero-order valence-corrected chi connectivity index (χ0v) is 31.2. The number of amidine groups is 2. The van der Waals surface area contributed by atoms with Crippen LogP contribution < -0.4 is 5.73 Å². The molecule has 7 aromatic carbocycles. The van der Waals surface area contributed by atoms with E-state index in [1.54, 1.807) is 11.3 Å². The molecular formula is C49H31N5O2S. The van der Waals surface area contributed by atoms with E-state index < -0.39 is 0 Å². The number of fused-ring (bicyclic) bond motifs is 9. The molecule has 0 spiro atoms. The Morgan fingerprint density at radius 3 is 2.12 bits per heavy atom. The van der Waals surface area contributed by atoms with Crippen LogP contribution in [0.2, 0.25) is 0 Å². The van der Waals surface area contributed by atoms with Crippen molar-refractivity contribution in [3.63, 3.8) is 0 Å². The van der Waals surface area contributed by atoms with Gasteiger partial charge >= 0.3 is 0 Å². The van der Waals surface area contributed by atoms with E-state index in [2.05, 4.69) is 72.8 Å². The Bertz CT molecular complexity index is 3400. The maximum Gasteiger partial charge on any atom is 0.160 e. The molecule has 7 nitrogen and oxygen atoms in total. The number of rotatable bonds is 6. The highest BCUT2D eigenvalue weighted by Gasteiger charge is 2.20. The fourth-order valence-corrected chi connectivity index (χ4v) is 8.81. The lowest BCUT2D eigenvalue weighted by Crippen LogP contribution is -2.16. The van der Waals surface area contributed by atoms with E-state index in [1.807, 2.05) is 91.0 Å². The number of hydrogen-bond acceptors (Lipinski definition) is 6. The third-order valence-corrected chi connectivity index (χ3v) is 11.6. The van der Waals surface area contributed by atoms with Crippen LogP contribution in [0.25, 0.3) is 86.8 Å². The fourth-order valence-electron chi connectivity index (χ4n) is 7.66. The van der Waals surface area contributed by atoms with Gasteiger partial charge in [-0.25, -0.2) is 15.0 Å². The van der Waals surface area contributed by atoms with Crippen LogP contribution in [0, 0.1) is 0 Å². The Kier molecular flexibility index (Phi) is 7.75. The molecule has 4 heterocycles. The lowest BCUT2D eigenvalue weighted by Gasteiger charge is -2.08. The fraction of sp³-hybridized carbons (Fsp3) is 0.0204. The Morgan fingerprint density at radius 2 is 1.25 bits per heavy atom. The molecule has 0 aliphatic rings. The summed E-state index contributed by atoms with van der Waals surface area (Å²) in [6.07, 6.45) is 0. The second kappa shape index (κ2) is 13.4. The summed E-state index contributed by atoms with van der Waals surface area (Å²) >= 11 is 1.71. The van der Waals surface area contributed by atoms with Crippen LogP contribution in [0.1, 0.15) is 16.7 Å². The molecule has 8 heteroatoms. The Hall–Kier alpha value is -7.42. The molecular weight excluding hydrogens is 723 g/mol. The summed E-state index contributed by atoms with van der Waals surface area (Å²) in [6.45, 7) is 0.445. The minimum absolute atomic E-state index is 0.387. The lowest BCUT2D eigenvalue weighted by atomic mass is 10.0. The van der Waals surface area contributed by atoms with Crippen molar-refractivity contribution in [1.82, 2.24) is 9.97 Å². The zero-order chi connectivity index (χ0) is 37.9. The van der Waals surface area contributed by atoms with Crippen molar-refractivity contribution in [3.05, 3.63) is 180 Å². The molecule has 0 saturated carbocycles. The van der Waals surface area contributed by atoms with Gasteiger partial charge in [0.25, 0.3) is 0 Å². The molecule has 0 bridgehead atoms. The number of benzene rings is 7. The summed E-state index contributed by atoms with van der Waals surface area (Å²) in [7, 11) is 0. The highest BCUT2D eigenvalue weighted by Crippen LogP contribution is 2.42. The third kappa shape index (κ3) is 5.73. The standard InChI is InChI=1S/C49H31N5O2S/c50-47(30-14-5-2-6-15-30)54-49(51-28-29-12-3-1-4-13-29)37-18-11-20-39-43(37)35-25-23-32(27-41(35)56-39)48-52-44(46-45(53-48)36-17-8-10-21-42(36)57-46)31-22-24-34-33-16-7-9-19-38(33)55-40(34)26-31/h1-27H,28H2,(H2,50,51,54). The number of para-hydroxylation sites is 1. The first-order chi connectivity index (χ1) is 28.1. The van der Waals surface area contributed by atoms with Gasteiger partial charge in [-0.15, -0.1) is 11.3 Å². The van der Waals surface area contributed by atoms with Gasteiger partial charge in [-0.05, 0) is 48.0 Å². The highest BCUT2D eigenvalue weighted by atomic mass is 32.1. The largest absolute Gasteiger partial charge is 0.456 e. The van der Waals surface area contributed by atoms with Crippen molar-refractivity contribution < 1.29 is 8.83 Å². The van der Waals surface area contributed by atoms with Gasteiger partial charge in [-0.3, -0.25) is 4.99 Å². The quantitative estimate of drug-likeness (QED) is 0.134. The van der Waals surface area contributed by atoms with E-state index >= 15 is 0 Å². The first kappa shape index (κ1) is 33.0. The van der Waals surface area contributed by atoms with E-state index in [4.69, 9.17) is 34.5 Å². The predicted octanol–water partition coefficient (Wildman–Crippen LogP) is 12.3. The molecule has 0 saturated heterocycles. The minimum Gasteiger partial charge on any atom is -0.456 e. The minimum atomic E-state index is 0.387. The summed E-state index contributed by atoms with van der Waals surface area (Å²) in [4.78, 5) is 20.5. The van der Waals surface area contributed by atoms with Gasteiger partial charge in [0, 0.05) is 53.9 Å². The average Bonchev–Trinajstić information content (AvgIpc) is 3.96. The molecule has 2 N–H and O–H groups in total. The van der Waals surface area contributed by atoms with Crippen LogP contribution in [0.3, 0.4) is 0 Å². The van der Waals surface area contributed by atoms with E-state index in [0.29, 0.717) is 29.6 Å². The van der Waals surface area contributed by atoms with Gasteiger partial charge in [0.15, 0.2) is 11.7 Å². The molecule has 11 rings (SSSR count). The normalized spacial score (nSPS) is 12.6. The monoisotopic (exact) mass is 753 g/mol. The molecule has 270 valence electrons. The number of hydrogen-bond donors (Lipinski definition) is 1. The molecule has 0 atom stereocenters. The van der Waals surface area contributed by atoms with Crippen molar-refractivity contribution in [1.29, 1.82) is 0 Å². The maximum absolute atomic E-state index is 6.61. The summed E-state index contributed by atoms with van der Waals surface area (Å²) < 4.78 is 15.1. The molecule has 0 aliphatic heterocycles. The van der Waals surface area contributed by atoms with E-state index in [0.717, 1.165) is 92.1 Å². The number of nitrogens with zero attached hydrogens (tertiary/aromatic N) is 4. The van der Waals surface area contributed by atoms with Crippen molar-refractivity contribution in [2.45, 2.75) is 6.54 Å². The van der Waals surface area contributed by atoms with Gasteiger partial charge in [-0.1, -0.05) is 121 Å². The Balaban J connectivity index is 1.07. The van der Waals surface area contributed by atoms with Gasteiger partial charge < -0.3 is 14.6 Å². The van der Waals surface area contributed by atoms with Crippen LogP contribution in [0.4, 0.5) is 0 Å². The molecule has 11 aromatic rings. The number of thiophene rings is 1. The second-order valence-corrected chi connectivity index (χ2v) is 15.0. The Labute approximate surface area is 330 Å². The van der Waals surface area contributed by atoms with Crippen LogP contribution in [-0.2, 0) is 6.54 Å². The topological polar surface area (TPSA) is 103 Å². The number of aromatic nitrogens is 2. The van der Waals surface area contributed by atoms with Crippen molar-refractivity contribution >= 4 is 87.2 Å². The lowest BCUT2D eigenvalue weighted by molar-refractivity contribution is 0.668. The van der Waals surface area contributed by atoms with Crippen molar-refractivity contribution in [2.75, 3.05) is 0 Å². The third-order valence-electron chi connectivity index (χ3n) is 10.4. The van der Waals surface area contributed by atoms with E-state index in [1.165, 1.54) is 0 Å². The number of furan rings is 2. The molecule has 0 radical (unpaired) electrons. The van der Waals surface area contributed by atoms with Crippen molar-refractivity contribution in [3.8, 4) is 22.6 Å². The zero-order valence-electron chi connectivity index (χ0n) is 30.4. The van der Waals surface area contributed by atoms with Crippen LogP contribution >= 0.6 is 11.3 Å². The second-order valence-electron chi connectivity index (χ2n) is 14.0. The highest BCUT2D eigenvalue weighted by molar-refractivity contribution is 7.26. The smallest absolute Gasteiger partial charge is 0.160 e. The maximum atomic E-state index is 6.61. The van der Waals surface area contributed by atoms with Crippen LogP contribution in [-0.4, -0.2) is 21.6 Å². The van der Waals surface area contributed by atoms with Gasteiger partial charge in [0.1, 0.15) is 28.2 Å². The van der Waals surface area contributed by atoms with Crippen LogP contribution in [0.5, 0.6) is 0 Å². The summed E-state index contributed by atoms with van der Waals surface area (Å²) in [6, 6.07) is 54.9. The first-order valence-electron chi connectivity index (χ1n) is 18.7. The SMILES string of the molecule is NC(=NC(=NCc1ccccc1)c1cccc2oc3cc(-c4nc(-c5ccc6c(c5)oc5ccccc56)c5sc6ccccc6c5n4)ccc3c12)c1ccccc1. The molecule has 0 fully saturated rings. The molecule has 4 aromatic heterocycles. The average molecular weight is 754 g/mol. The molecule has 0 unspecified atom stereocenters. The number of aliphatic imine (C=N–C) groups is 2. The predicted molar refractivity (Wildman–Crippen MR) is 234 cm³/mol. The van der Waals surface area contributed by atoms with Gasteiger partial charge in [0.05, 0.1) is 22.5 Å². The van der Waals surface area contributed by atoms with Crippen molar-refractivity contribution in [2.24, 2.45) is 15.7 Å². The molecule has 0 aliphatic carbocycles. The molecule has 0 amide bonds. The summed E-state index contributed by atoms with van der Waals surface area (Å²) in [5, 5.41) is 5.11. The number of nitrogens with two attached hydrogens (primary N) is 1. The van der Waals surface area contributed by atoms with Gasteiger partial charge in [-0.2, -0.15) is 0 Å².